The van der Waals surface area contributed by atoms with Crippen molar-refractivity contribution in [3.05, 3.63) is 59.4 Å². The Morgan fingerprint density at radius 1 is 0.882 bits per heavy atom. The molecule has 1 aliphatic carbocycles. The van der Waals surface area contributed by atoms with Crippen LogP contribution in [0.4, 0.5) is 0 Å². The molecule has 2 atom stereocenters. The molecule has 0 radical (unpaired) electrons. The molecule has 2 aromatic rings. The summed E-state index contributed by atoms with van der Waals surface area (Å²) < 4.78 is 27.6. The van der Waals surface area contributed by atoms with Gasteiger partial charge in [0.15, 0.2) is 0 Å². The number of likely N-dealkylation sites (tertiary alicyclic amines) is 1. The Morgan fingerprint density at radius 2 is 1.59 bits per heavy atom. The summed E-state index contributed by atoms with van der Waals surface area (Å²) in [6.07, 6.45) is 7.63. The van der Waals surface area contributed by atoms with E-state index < -0.39 is 10.0 Å². The van der Waals surface area contributed by atoms with Crippen LogP contribution in [-0.2, 0) is 10.0 Å². The number of hydrogen-bond donors (Lipinski definition) is 0. The van der Waals surface area contributed by atoms with E-state index >= 15 is 0 Å². The molecule has 3 heterocycles. The van der Waals surface area contributed by atoms with Gasteiger partial charge in [-0.05, 0) is 68.7 Å². The minimum atomic E-state index is -3.49. The number of hydrogen-bond acceptors (Lipinski definition) is 4. The highest BCUT2D eigenvalue weighted by atomic mass is 32.2. The van der Waals surface area contributed by atoms with Crippen molar-refractivity contribution in [1.29, 1.82) is 0 Å². The molecule has 3 aliphatic rings. The van der Waals surface area contributed by atoms with Gasteiger partial charge in [0, 0.05) is 37.8 Å². The van der Waals surface area contributed by atoms with Crippen LogP contribution in [0.3, 0.4) is 0 Å². The van der Waals surface area contributed by atoms with Crippen molar-refractivity contribution in [2.75, 3.05) is 26.2 Å². The van der Waals surface area contributed by atoms with Crippen molar-refractivity contribution in [3.63, 3.8) is 0 Å². The molecule has 6 nitrogen and oxygen atoms in total. The summed E-state index contributed by atoms with van der Waals surface area (Å²) in [7, 11) is -3.49. The van der Waals surface area contributed by atoms with Gasteiger partial charge in [-0.1, -0.05) is 37.5 Å². The van der Waals surface area contributed by atoms with Crippen LogP contribution in [-0.4, -0.2) is 54.7 Å². The van der Waals surface area contributed by atoms with Gasteiger partial charge in [-0.2, -0.15) is 4.31 Å². The van der Waals surface area contributed by atoms with Crippen LogP contribution < -0.4 is 0 Å². The van der Waals surface area contributed by atoms with Gasteiger partial charge in [0.2, 0.25) is 10.0 Å². The fourth-order valence-corrected chi connectivity index (χ4v) is 7.63. The maximum absolute atomic E-state index is 13.6. The minimum absolute atomic E-state index is 0.0910. The SMILES string of the molecule is Cc1ccc(C(=O)N2CCC3CCCCC3C2)c(C2CCN(S(=O)(=O)c3ccccc3)CC2)n1. The molecule has 1 aromatic heterocycles. The molecule has 34 heavy (non-hydrogen) atoms. The van der Waals surface area contributed by atoms with Crippen LogP contribution in [0.25, 0.3) is 0 Å². The summed E-state index contributed by atoms with van der Waals surface area (Å²) in [4.78, 5) is 20.9. The van der Waals surface area contributed by atoms with E-state index in [2.05, 4.69) is 4.90 Å². The molecule has 1 aromatic carbocycles. The second kappa shape index (κ2) is 9.78. The molecule has 0 spiro atoms. The maximum atomic E-state index is 13.6. The average Bonchev–Trinajstić information content (AvgIpc) is 2.88. The van der Waals surface area contributed by atoms with Gasteiger partial charge >= 0.3 is 0 Å². The Kier molecular flexibility index (Phi) is 6.76. The number of aryl methyl sites for hydroxylation is 1. The van der Waals surface area contributed by atoms with E-state index in [-0.39, 0.29) is 11.8 Å². The molecule has 2 aliphatic heterocycles. The standard InChI is InChI=1S/C27H35N3O3S/c1-20-11-12-25(27(31)29-16-13-21-7-5-6-8-23(21)19-29)26(28-20)22-14-17-30(18-15-22)34(32,33)24-9-3-2-4-10-24/h2-4,9-12,21-23H,5-8,13-19H2,1H3. The summed E-state index contributed by atoms with van der Waals surface area (Å²) in [6.45, 7) is 4.54. The molecule has 1 saturated carbocycles. The van der Waals surface area contributed by atoms with Crippen molar-refractivity contribution in [2.45, 2.75) is 62.7 Å². The number of rotatable bonds is 4. The average molecular weight is 482 g/mol. The van der Waals surface area contributed by atoms with Gasteiger partial charge in [-0.3, -0.25) is 9.78 Å². The minimum Gasteiger partial charge on any atom is -0.338 e. The number of nitrogens with zero attached hydrogens (tertiary/aromatic N) is 3. The molecule has 0 N–H and O–H groups in total. The lowest BCUT2D eigenvalue weighted by Crippen LogP contribution is -2.45. The highest BCUT2D eigenvalue weighted by Crippen LogP contribution is 2.37. The van der Waals surface area contributed by atoms with Gasteiger partial charge < -0.3 is 4.90 Å². The van der Waals surface area contributed by atoms with Gasteiger partial charge in [-0.25, -0.2) is 8.42 Å². The number of aromatic nitrogens is 1. The van der Waals surface area contributed by atoms with Crippen LogP contribution >= 0.6 is 0 Å². The van der Waals surface area contributed by atoms with Gasteiger partial charge in [0.1, 0.15) is 0 Å². The quantitative estimate of drug-likeness (QED) is 0.639. The number of sulfonamides is 1. The van der Waals surface area contributed by atoms with Crippen LogP contribution in [0.1, 0.15) is 72.6 Å². The molecule has 3 fully saturated rings. The van der Waals surface area contributed by atoms with Crippen LogP contribution in [0.2, 0.25) is 0 Å². The van der Waals surface area contributed by atoms with Gasteiger partial charge in [0.25, 0.3) is 5.91 Å². The molecule has 0 bridgehead atoms. The smallest absolute Gasteiger partial charge is 0.255 e. The van der Waals surface area contributed by atoms with Crippen molar-refractivity contribution in [1.82, 2.24) is 14.2 Å². The molecular weight excluding hydrogens is 446 g/mol. The number of benzene rings is 1. The zero-order chi connectivity index (χ0) is 23.7. The summed E-state index contributed by atoms with van der Waals surface area (Å²) in [6, 6.07) is 12.5. The van der Waals surface area contributed by atoms with E-state index in [4.69, 9.17) is 4.98 Å². The predicted octanol–water partition coefficient (Wildman–Crippen LogP) is 4.61. The molecular formula is C27H35N3O3S. The normalized spacial score (nSPS) is 24.6. The van der Waals surface area contributed by atoms with E-state index in [1.165, 1.54) is 25.7 Å². The number of fused-ring (bicyclic) bond motifs is 1. The van der Waals surface area contributed by atoms with E-state index in [9.17, 15) is 13.2 Å². The monoisotopic (exact) mass is 481 g/mol. The Morgan fingerprint density at radius 3 is 2.32 bits per heavy atom. The molecule has 7 heteroatoms. The lowest BCUT2D eigenvalue weighted by molar-refractivity contribution is 0.0518. The van der Waals surface area contributed by atoms with E-state index in [1.807, 2.05) is 25.1 Å². The third kappa shape index (κ3) is 4.65. The van der Waals surface area contributed by atoms with Crippen molar-refractivity contribution >= 4 is 15.9 Å². The van der Waals surface area contributed by atoms with Crippen molar-refractivity contribution < 1.29 is 13.2 Å². The highest BCUT2D eigenvalue weighted by Gasteiger charge is 2.36. The fourth-order valence-electron chi connectivity index (χ4n) is 6.14. The Balaban J connectivity index is 1.31. The number of pyridine rings is 1. The largest absolute Gasteiger partial charge is 0.338 e. The Bertz CT molecular complexity index is 1130. The number of piperidine rings is 2. The summed E-state index contributed by atoms with van der Waals surface area (Å²) >= 11 is 0. The molecule has 5 rings (SSSR count). The number of carbonyl (C=O) groups excluding carboxylic acids is 1. The first-order valence-corrected chi connectivity index (χ1v) is 14.2. The predicted molar refractivity (Wildman–Crippen MR) is 132 cm³/mol. The van der Waals surface area contributed by atoms with Crippen LogP contribution in [0.15, 0.2) is 47.4 Å². The van der Waals surface area contributed by atoms with Crippen LogP contribution in [0, 0.1) is 18.8 Å². The van der Waals surface area contributed by atoms with E-state index in [1.54, 1.807) is 28.6 Å². The van der Waals surface area contributed by atoms with Gasteiger partial charge in [0.05, 0.1) is 16.2 Å². The highest BCUT2D eigenvalue weighted by molar-refractivity contribution is 7.89. The summed E-state index contributed by atoms with van der Waals surface area (Å²) in [5.74, 6) is 1.61. The molecule has 2 unspecified atom stereocenters. The second-order valence-corrected chi connectivity index (χ2v) is 12.2. The zero-order valence-corrected chi connectivity index (χ0v) is 20.8. The first-order valence-electron chi connectivity index (χ1n) is 12.8. The molecule has 2 saturated heterocycles. The topological polar surface area (TPSA) is 70.6 Å². The van der Waals surface area contributed by atoms with Gasteiger partial charge in [-0.15, -0.1) is 0 Å². The summed E-state index contributed by atoms with van der Waals surface area (Å²) in [5, 5.41) is 0. The Hall–Kier alpha value is -2.25. The maximum Gasteiger partial charge on any atom is 0.255 e. The molecule has 1 amide bonds. The van der Waals surface area contributed by atoms with Crippen molar-refractivity contribution in [2.24, 2.45) is 11.8 Å². The third-order valence-corrected chi connectivity index (χ3v) is 10.0. The lowest BCUT2D eigenvalue weighted by atomic mass is 9.75. The second-order valence-electron chi connectivity index (χ2n) is 10.2. The number of amides is 1. The first-order chi connectivity index (χ1) is 16.4. The first kappa shape index (κ1) is 23.5. The van der Waals surface area contributed by atoms with Crippen molar-refractivity contribution in [3.8, 4) is 0 Å². The summed E-state index contributed by atoms with van der Waals surface area (Å²) in [5.41, 5.74) is 2.47. The zero-order valence-electron chi connectivity index (χ0n) is 20.0. The Labute approximate surface area is 203 Å². The fraction of sp³-hybridized carbons (Fsp3) is 0.556. The van der Waals surface area contributed by atoms with E-state index in [0.29, 0.717) is 42.3 Å². The van der Waals surface area contributed by atoms with E-state index in [0.717, 1.165) is 36.8 Å². The molecule has 182 valence electrons. The lowest BCUT2D eigenvalue weighted by Gasteiger charge is -2.41. The van der Waals surface area contributed by atoms with Crippen LogP contribution in [0.5, 0.6) is 0 Å². The number of carbonyl (C=O) groups is 1. The third-order valence-electron chi connectivity index (χ3n) is 8.09.